The minimum atomic E-state index is -4.48. The molecule has 0 radical (unpaired) electrons. The third-order valence-corrected chi connectivity index (χ3v) is 6.82. The number of nitrogens with zero attached hydrogens (tertiary/aromatic N) is 2. The number of hydrogen-bond acceptors (Lipinski definition) is 2. The molecule has 5 rings (SSSR count). The van der Waals surface area contributed by atoms with Gasteiger partial charge in [-0.3, -0.25) is 4.79 Å². The number of nitrogens with one attached hydrogen (secondary N) is 1. The number of anilines is 1. The van der Waals surface area contributed by atoms with Gasteiger partial charge in [-0.15, -0.1) is 0 Å². The molecule has 186 valence electrons. The quantitative estimate of drug-likeness (QED) is 0.335. The molecule has 8 heteroatoms. The van der Waals surface area contributed by atoms with Crippen LogP contribution in [0, 0.1) is 5.82 Å². The summed E-state index contributed by atoms with van der Waals surface area (Å²) in [6, 6.07) is 19.3. The summed E-state index contributed by atoms with van der Waals surface area (Å²) in [6.45, 7) is 1.79. The third kappa shape index (κ3) is 4.80. The summed E-state index contributed by atoms with van der Waals surface area (Å²) in [5, 5.41) is 0.872. The Hall–Kier alpha value is -3.81. The van der Waals surface area contributed by atoms with E-state index >= 15 is 0 Å². The van der Waals surface area contributed by atoms with Crippen molar-refractivity contribution in [3.8, 4) is 0 Å². The molecule has 4 nitrogen and oxygen atoms in total. The number of alkyl halides is 3. The lowest BCUT2D eigenvalue weighted by molar-refractivity contribution is -0.137. The molecule has 0 saturated carbocycles. The molecular formula is C28H25F4N3O. The van der Waals surface area contributed by atoms with Crippen LogP contribution in [0.2, 0.25) is 0 Å². The molecule has 0 bridgehead atoms. The molecule has 1 aliphatic rings. The summed E-state index contributed by atoms with van der Waals surface area (Å²) in [6.07, 6.45) is -2.67. The minimum absolute atomic E-state index is 0.0306. The third-order valence-electron chi connectivity index (χ3n) is 6.82. The molecule has 4 aromatic rings. The Morgan fingerprint density at radius 2 is 1.64 bits per heavy atom. The molecule has 36 heavy (non-hydrogen) atoms. The van der Waals surface area contributed by atoms with E-state index in [0.29, 0.717) is 37.4 Å². The van der Waals surface area contributed by atoms with Crippen molar-refractivity contribution in [2.24, 2.45) is 0 Å². The van der Waals surface area contributed by atoms with Gasteiger partial charge in [0.25, 0.3) is 0 Å². The largest absolute Gasteiger partial charge is 0.416 e. The highest BCUT2D eigenvalue weighted by molar-refractivity contribution is 5.86. The number of aromatic nitrogens is 1. The zero-order chi connectivity index (χ0) is 25.3. The number of halogens is 4. The Morgan fingerprint density at radius 3 is 2.39 bits per heavy atom. The van der Waals surface area contributed by atoms with E-state index < -0.39 is 17.7 Å². The highest BCUT2D eigenvalue weighted by Crippen LogP contribution is 2.37. The molecule has 2 heterocycles. The van der Waals surface area contributed by atoms with Crippen molar-refractivity contribution in [2.45, 2.75) is 18.5 Å². The highest BCUT2D eigenvalue weighted by Gasteiger charge is 2.32. The van der Waals surface area contributed by atoms with Crippen LogP contribution in [0.1, 0.15) is 29.0 Å². The molecule has 0 spiro atoms. The number of aromatic amines is 1. The standard InChI is InChI=1S/C28H25F4N3O/c29-24-9-2-4-11-26(24)34-12-14-35(15-13-34)27(36)17-22(19-6-5-7-20(16-19)28(30,31)32)23-18-33-25-10-3-1-8-21(23)25/h1-11,16,18,22,33H,12-15,17H2/t22-/m0/s1. The molecule has 1 aromatic heterocycles. The van der Waals surface area contributed by atoms with Crippen LogP contribution in [0.15, 0.2) is 79.0 Å². The molecule has 0 aliphatic carbocycles. The van der Waals surface area contributed by atoms with E-state index in [4.69, 9.17) is 0 Å². The van der Waals surface area contributed by atoms with Crippen LogP contribution in [0.5, 0.6) is 0 Å². The Labute approximate surface area is 206 Å². The lowest BCUT2D eigenvalue weighted by Crippen LogP contribution is -2.49. The smallest absolute Gasteiger partial charge is 0.366 e. The zero-order valence-electron chi connectivity index (χ0n) is 19.4. The second kappa shape index (κ2) is 9.68. The Kier molecular flexibility index (Phi) is 6.43. The molecule has 0 unspecified atom stereocenters. The highest BCUT2D eigenvalue weighted by atomic mass is 19.4. The second-order valence-electron chi connectivity index (χ2n) is 8.99. The van der Waals surface area contributed by atoms with Gasteiger partial charge in [-0.25, -0.2) is 4.39 Å². The summed E-state index contributed by atoms with van der Waals surface area (Å²) >= 11 is 0. The fraction of sp³-hybridized carbons (Fsp3) is 0.250. The Morgan fingerprint density at radius 1 is 0.917 bits per heavy atom. The predicted molar refractivity (Wildman–Crippen MR) is 131 cm³/mol. The summed E-state index contributed by atoms with van der Waals surface area (Å²) in [4.78, 5) is 20.2. The summed E-state index contributed by atoms with van der Waals surface area (Å²) < 4.78 is 54.6. The van der Waals surface area contributed by atoms with E-state index in [2.05, 4.69) is 4.98 Å². The SMILES string of the molecule is O=C(C[C@@H](c1cccc(C(F)(F)F)c1)c1c[nH]c2ccccc12)N1CCN(c2ccccc2F)CC1. The van der Waals surface area contributed by atoms with Gasteiger partial charge in [0.15, 0.2) is 0 Å². The lowest BCUT2D eigenvalue weighted by Gasteiger charge is -2.36. The number of fused-ring (bicyclic) bond motifs is 1. The first-order chi connectivity index (χ1) is 17.3. The molecule has 1 saturated heterocycles. The van der Waals surface area contributed by atoms with Crippen LogP contribution >= 0.6 is 0 Å². The maximum Gasteiger partial charge on any atom is 0.416 e. The number of H-pyrrole nitrogens is 1. The van der Waals surface area contributed by atoms with Crippen molar-refractivity contribution in [1.82, 2.24) is 9.88 Å². The van der Waals surface area contributed by atoms with E-state index in [0.717, 1.165) is 28.6 Å². The Bertz CT molecular complexity index is 1370. The Balaban J connectivity index is 1.40. The van der Waals surface area contributed by atoms with Crippen molar-refractivity contribution >= 4 is 22.5 Å². The van der Waals surface area contributed by atoms with Crippen molar-refractivity contribution in [2.75, 3.05) is 31.1 Å². The lowest BCUT2D eigenvalue weighted by atomic mass is 9.87. The maximum absolute atomic E-state index is 14.2. The number of para-hydroxylation sites is 2. The van der Waals surface area contributed by atoms with E-state index in [1.165, 1.54) is 12.1 Å². The fourth-order valence-electron chi connectivity index (χ4n) is 4.93. The van der Waals surface area contributed by atoms with Gasteiger partial charge >= 0.3 is 6.18 Å². The van der Waals surface area contributed by atoms with Crippen LogP contribution in [-0.2, 0) is 11.0 Å². The van der Waals surface area contributed by atoms with Crippen molar-refractivity contribution in [3.63, 3.8) is 0 Å². The number of hydrogen-bond donors (Lipinski definition) is 1. The first-order valence-electron chi connectivity index (χ1n) is 11.8. The monoisotopic (exact) mass is 495 g/mol. The number of carbonyl (C=O) groups is 1. The number of carbonyl (C=O) groups excluding carboxylic acids is 1. The van der Waals surface area contributed by atoms with Crippen molar-refractivity contribution < 1.29 is 22.4 Å². The summed E-state index contributed by atoms with van der Waals surface area (Å²) in [5.74, 6) is -1.00. The number of piperazine rings is 1. The van der Waals surface area contributed by atoms with Gasteiger partial charge in [-0.1, -0.05) is 48.5 Å². The number of rotatable bonds is 5. The molecular weight excluding hydrogens is 470 g/mol. The van der Waals surface area contributed by atoms with Crippen molar-refractivity contribution in [3.05, 3.63) is 102 Å². The zero-order valence-corrected chi connectivity index (χ0v) is 19.4. The van der Waals surface area contributed by atoms with Gasteiger partial charge in [0, 0.05) is 55.6 Å². The average Bonchev–Trinajstić information content (AvgIpc) is 3.31. The maximum atomic E-state index is 14.2. The van der Waals surface area contributed by atoms with Crippen LogP contribution in [-0.4, -0.2) is 42.0 Å². The first-order valence-corrected chi connectivity index (χ1v) is 11.8. The first kappa shape index (κ1) is 23.9. The fourth-order valence-corrected chi connectivity index (χ4v) is 4.93. The van der Waals surface area contributed by atoms with E-state index in [-0.39, 0.29) is 18.1 Å². The van der Waals surface area contributed by atoms with Crippen LogP contribution in [0.4, 0.5) is 23.2 Å². The molecule has 1 aliphatic heterocycles. The van der Waals surface area contributed by atoms with Gasteiger partial charge < -0.3 is 14.8 Å². The van der Waals surface area contributed by atoms with Crippen LogP contribution < -0.4 is 4.90 Å². The van der Waals surface area contributed by atoms with Gasteiger partial charge in [0.05, 0.1) is 11.3 Å². The molecule has 1 atom stereocenters. The van der Waals surface area contributed by atoms with Gasteiger partial charge in [0.1, 0.15) is 5.82 Å². The summed E-state index contributed by atoms with van der Waals surface area (Å²) in [7, 11) is 0. The van der Waals surface area contributed by atoms with E-state index in [9.17, 15) is 22.4 Å². The van der Waals surface area contributed by atoms with E-state index in [1.54, 1.807) is 35.4 Å². The van der Waals surface area contributed by atoms with Gasteiger partial charge in [-0.2, -0.15) is 13.2 Å². The van der Waals surface area contributed by atoms with E-state index in [1.807, 2.05) is 29.2 Å². The predicted octanol–water partition coefficient (Wildman–Crippen LogP) is 6.20. The van der Waals surface area contributed by atoms with Crippen LogP contribution in [0.25, 0.3) is 10.9 Å². The molecule has 1 fully saturated rings. The normalized spacial score (nSPS) is 15.3. The second-order valence-corrected chi connectivity index (χ2v) is 8.99. The van der Waals surface area contributed by atoms with Gasteiger partial charge in [-0.05, 0) is 35.4 Å². The molecule has 1 N–H and O–H groups in total. The average molecular weight is 496 g/mol. The molecule has 1 amide bonds. The number of amides is 1. The van der Waals surface area contributed by atoms with Gasteiger partial charge in [0.2, 0.25) is 5.91 Å². The summed E-state index contributed by atoms with van der Waals surface area (Å²) in [5.41, 5.74) is 1.84. The topological polar surface area (TPSA) is 39.3 Å². The van der Waals surface area contributed by atoms with Crippen LogP contribution in [0.3, 0.4) is 0 Å². The minimum Gasteiger partial charge on any atom is -0.366 e. The number of benzene rings is 3. The van der Waals surface area contributed by atoms with Crippen molar-refractivity contribution in [1.29, 1.82) is 0 Å². The molecule has 3 aromatic carbocycles.